The second-order valence-corrected chi connectivity index (χ2v) is 4.65. The van der Waals surface area contributed by atoms with Crippen LogP contribution in [0.5, 0.6) is 0 Å². The molecule has 2 heterocycles. The average molecular weight is 208 g/mol. The Labute approximate surface area is 91.5 Å². The van der Waals surface area contributed by atoms with Crippen LogP contribution in [0, 0.1) is 0 Å². The molecule has 0 saturated carbocycles. The third kappa shape index (κ3) is 2.81. The van der Waals surface area contributed by atoms with Crippen molar-refractivity contribution in [2.75, 3.05) is 19.6 Å². The van der Waals surface area contributed by atoms with Gasteiger partial charge in [0.2, 0.25) is 5.91 Å². The van der Waals surface area contributed by atoms with Crippen molar-refractivity contribution in [3.63, 3.8) is 0 Å². The summed E-state index contributed by atoms with van der Waals surface area (Å²) in [7, 11) is 0. The first-order valence-corrected chi connectivity index (χ1v) is 5.92. The molecule has 84 valence electrons. The van der Waals surface area contributed by atoms with Crippen LogP contribution in [-0.4, -0.2) is 36.5 Å². The van der Waals surface area contributed by atoms with Crippen LogP contribution < -0.4 is 5.32 Å². The third-order valence-corrected chi connectivity index (χ3v) is 3.27. The van der Waals surface area contributed by atoms with Crippen LogP contribution in [-0.2, 0) is 4.79 Å². The second kappa shape index (κ2) is 4.79. The van der Waals surface area contributed by atoms with E-state index in [4.69, 9.17) is 0 Å². The molecular weight excluding hydrogens is 188 g/mol. The zero-order valence-corrected chi connectivity index (χ0v) is 9.46. The summed E-state index contributed by atoms with van der Waals surface area (Å²) in [6, 6.07) is 0.434. The summed E-state index contributed by atoms with van der Waals surface area (Å²) in [5.41, 5.74) is 1.33. The molecule has 2 rings (SSSR count). The molecule has 0 aromatic rings. The molecule has 1 N–H and O–H groups in total. The molecule has 1 amide bonds. The molecule has 1 atom stereocenters. The molecule has 0 spiro atoms. The zero-order chi connectivity index (χ0) is 10.7. The summed E-state index contributed by atoms with van der Waals surface area (Å²) in [5.74, 6) is 0.321. The van der Waals surface area contributed by atoms with Crippen LogP contribution in [0.25, 0.3) is 0 Å². The van der Waals surface area contributed by atoms with Crippen LogP contribution in [0.3, 0.4) is 0 Å². The molecule has 0 aromatic heterocycles. The topological polar surface area (TPSA) is 32.3 Å². The fourth-order valence-electron chi connectivity index (χ4n) is 2.40. The van der Waals surface area contributed by atoms with Crippen LogP contribution >= 0.6 is 0 Å². The van der Waals surface area contributed by atoms with Gasteiger partial charge in [0, 0.05) is 25.6 Å². The number of hydrogen-bond acceptors (Lipinski definition) is 2. The predicted octanol–water partition coefficient (Wildman–Crippen LogP) is 1.31. The largest absolute Gasteiger partial charge is 0.338 e. The quantitative estimate of drug-likeness (QED) is 0.694. The first kappa shape index (κ1) is 10.7. The smallest absolute Gasteiger partial charge is 0.224 e. The summed E-state index contributed by atoms with van der Waals surface area (Å²) in [6.07, 6.45) is 6.33. The maximum atomic E-state index is 12.0. The van der Waals surface area contributed by atoms with E-state index in [0.29, 0.717) is 18.4 Å². The summed E-state index contributed by atoms with van der Waals surface area (Å²) in [6.45, 7) is 4.93. The first-order chi connectivity index (χ1) is 7.25. The molecule has 0 aromatic carbocycles. The molecule has 1 saturated heterocycles. The van der Waals surface area contributed by atoms with E-state index in [-0.39, 0.29) is 0 Å². The number of carbonyl (C=O) groups excluding carboxylic acids is 1. The van der Waals surface area contributed by atoms with Gasteiger partial charge in [0.05, 0.1) is 0 Å². The van der Waals surface area contributed by atoms with Crippen LogP contribution in [0.1, 0.15) is 32.6 Å². The lowest BCUT2D eigenvalue weighted by Gasteiger charge is -2.27. The van der Waals surface area contributed by atoms with Crippen LogP contribution in [0.4, 0.5) is 0 Å². The number of hydrogen-bond donors (Lipinski definition) is 1. The summed E-state index contributed by atoms with van der Waals surface area (Å²) in [4.78, 5) is 14.0. The molecule has 1 unspecified atom stereocenters. The van der Waals surface area contributed by atoms with Gasteiger partial charge in [-0.05, 0) is 32.7 Å². The number of carbonyl (C=O) groups is 1. The molecule has 2 aliphatic heterocycles. The molecule has 3 heteroatoms. The van der Waals surface area contributed by atoms with E-state index in [0.717, 1.165) is 32.5 Å². The summed E-state index contributed by atoms with van der Waals surface area (Å²) < 4.78 is 0. The first-order valence-electron chi connectivity index (χ1n) is 5.92. The maximum absolute atomic E-state index is 12.0. The van der Waals surface area contributed by atoms with Crippen LogP contribution in [0.15, 0.2) is 11.6 Å². The molecule has 3 nitrogen and oxygen atoms in total. The van der Waals surface area contributed by atoms with Gasteiger partial charge in [0.1, 0.15) is 0 Å². The Hall–Kier alpha value is -0.830. The molecule has 0 bridgehead atoms. The van der Waals surface area contributed by atoms with E-state index in [1.165, 1.54) is 12.0 Å². The Morgan fingerprint density at radius 1 is 1.67 bits per heavy atom. The number of rotatable bonds is 2. The van der Waals surface area contributed by atoms with E-state index in [9.17, 15) is 4.79 Å². The van der Waals surface area contributed by atoms with Crippen molar-refractivity contribution >= 4 is 5.91 Å². The van der Waals surface area contributed by atoms with Gasteiger partial charge < -0.3 is 10.2 Å². The SMILES string of the molecule is CC1=CCCN(C(=O)CC2CCCN2)C1. The molecule has 15 heavy (non-hydrogen) atoms. The van der Waals surface area contributed by atoms with E-state index >= 15 is 0 Å². The monoisotopic (exact) mass is 208 g/mol. The highest BCUT2D eigenvalue weighted by molar-refractivity contribution is 5.77. The molecule has 2 aliphatic rings. The highest BCUT2D eigenvalue weighted by atomic mass is 16.2. The van der Waals surface area contributed by atoms with Gasteiger partial charge in [-0.3, -0.25) is 4.79 Å². The second-order valence-electron chi connectivity index (χ2n) is 4.65. The van der Waals surface area contributed by atoms with Crippen molar-refractivity contribution in [1.82, 2.24) is 10.2 Å². The standard InChI is InChI=1S/C12H20N2O/c1-10-4-3-7-14(9-10)12(15)8-11-5-2-6-13-11/h4,11,13H,2-3,5-9H2,1H3. The van der Waals surface area contributed by atoms with Crippen LogP contribution in [0.2, 0.25) is 0 Å². The van der Waals surface area contributed by atoms with Crippen molar-refractivity contribution in [2.45, 2.75) is 38.6 Å². The fraction of sp³-hybridized carbons (Fsp3) is 0.750. The van der Waals surface area contributed by atoms with Crippen molar-refractivity contribution in [3.05, 3.63) is 11.6 Å². The lowest BCUT2D eigenvalue weighted by Crippen LogP contribution is -2.38. The third-order valence-electron chi connectivity index (χ3n) is 3.27. The highest BCUT2D eigenvalue weighted by Crippen LogP contribution is 2.14. The lowest BCUT2D eigenvalue weighted by molar-refractivity contribution is -0.131. The van der Waals surface area contributed by atoms with Crippen molar-refractivity contribution in [2.24, 2.45) is 0 Å². The van der Waals surface area contributed by atoms with E-state index < -0.39 is 0 Å². The van der Waals surface area contributed by atoms with Crippen molar-refractivity contribution in [1.29, 1.82) is 0 Å². The van der Waals surface area contributed by atoms with Crippen molar-refractivity contribution in [3.8, 4) is 0 Å². The molecular formula is C12H20N2O. The predicted molar refractivity (Wildman–Crippen MR) is 60.6 cm³/mol. The summed E-state index contributed by atoms with van der Waals surface area (Å²) >= 11 is 0. The van der Waals surface area contributed by atoms with Gasteiger partial charge in [0.25, 0.3) is 0 Å². The van der Waals surface area contributed by atoms with Gasteiger partial charge in [-0.15, -0.1) is 0 Å². The molecule has 0 radical (unpaired) electrons. The Bertz CT molecular complexity index is 267. The number of nitrogens with one attached hydrogen (secondary N) is 1. The van der Waals surface area contributed by atoms with E-state index in [2.05, 4.69) is 18.3 Å². The van der Waals surface area contributed by atoms with Gasteiger partial charge in [-0.25, -0.2) is 0 Å². The average Bonchev–Trinajstić information content (AvgIpc) is 2.70. The molecule has 0 aliphatic carbocycles. The Morgan fingerprint density at radius 3 is 3.20 bits per heavy atom. The zero-order valence-electron chi connectivity index (χ0n) is 9.46. The van der Waals surface area contributed by atoms with E-state index in [1.807, 2.05) is 4.90 Å². The normalized spacial score (nSPS) is 26.6. The Morgan fingerprint density at radius 2 is 2.53 bits per heavy atom. The summed E-state index contributed by atoms with van der Waals surface area (Å²) in [5, 5.41) is 3.38. The Kier molecular flexibility index (Phi) is 3.41. The van der Waals surface area contributed by atoms with E-state index in [1.54, 1.807) is 0 Å². The van der Waals surface area contributed by atoms with Crippen molar-refractivity contribution < 1.29 is 4.79 Å². The number of nitrogens with zero attached hydrogens (tertiary/aromatic N) is 1. The fourth-order valence-corrected chi connectivity index (χ4v) is 2.40. The van der Waals surface area contributed by atoms with Gasteiger partial charge >= 0.3 is 0 Å². The van der Waals surface area contributed by atoms with Gasteiger partial charge in [-0.2, -0.15) is 0 Å². The van der Waals surface area contributed by atoms with Gasteiger partial charge in [-0.1, -0.05) is 11.6 Å². The minimum Gasteiger partial charge on any atom is -0.338 e. The maximum Gasteiger partial charge on any atom is 0.224 e. The molecule has 1 fully saturated rings. The minimum absolute atomic E-state index is 0.321. The van der Waals surface area contributed by atoms with Gasteiger partial charge in [0.15, 0.2) is 0 Å². The highest BCUT2D eigenvalue weighted by Gasteiger charge is 2.22. The Balaban J connectivity index is 1.82. The minimum atomic E-state index is 0.321. The lowest BCUT2D eigenvalue weighted by atomic mass is 10.1. The number of amides is 1.